The third kappa shape index (κ3) is 2.34. The van der Waals surface area contributed by atoms with Crippen molar-refractivity contribution in [3.8, 4) is 0 Å². The highest BCUT2D eigenvalue weighted by Gasteiger charge is 2.20. The van der Waals surface area contributed by atoms with Gasteiger partial charge in [-0.15, -0.1) is 11.8 Å². The van der Waals surface area contributed by atoms with E-state index in [-0.39, 0.29) is 0 Å². The molecule has 0 unspecified atom stereocenters. The molecule has 1 aromatic carbocycles. The smallest absolute Gasteiger partial charge is 0.197 e. The Morgan fingerprint density at radius 3 is 2.78 bits per heavy atom. The van der Waals surface area contributed by atoms with E-state index in [4.69, 9.17) is 0 Å². The van der Waals surface area contributed by atoms with E-state index >= 15 is 0 Å². The molecule has 0 saturated carbocycles. The van der Waals surface area contributed by atoms with E-state index in [9.17, 15) is 0 Å². The maximum Gasteiger partial charge on any atom is 0.218 e. The van der Waals surface area contributed by atoms with Crippen molar-refractivity contribution in [3.63, 3.8) is 0 Å². The summed E-state index contributed by atoms with van der Waals surface area (Å²) in [5.74, 6) is 1.15. The van der Waals surface area contributed by atoms with Gasteiger partial charge in [-0.05, 0) is 24.6 Å². The number of thioether (sulfide) groups is 1. The molecule has 0 atom stereocenters. The zero-order chi connectivity index (χ0) is 12.4. The summed E-state index contributed by atoms with van der Waals surface area (Å²) in [5.41, 5.74) is 3.91. The Bertz CT molecular complexity index is 584. The molecule has 2 heterocycles. The summed E-state index contributed by atoms with van der Waals surface area (Å²) in [6.07, 6.45) is 4.45. The van der Waals surface area contributed by atoms with Crippen LogP contribution in [0.2, 0.25) is 0 Å². The first kappa shape index (κ1) is 11.5. The van der Waals surface area contributed by atoms with Crippen LogP contribution in [0.25, 0.3) is 11.0 Å². The third-order valence-electron chi connectivity index (χ3n) is 3.16. The van der Waals surface area contributed by atoms with Crippen molar-refractivity contribution in [1.82, 2.24) is 0 Å². The van der Waals surface area contributed by atoms with Crippen LogP contribution in [0.3, 0.4) is 0 Å². The van der Waals surface area contributed by atoms with Crippen LogP contribution in [-0.2, 0) is 6.54 Å². The van der Waals surface area contributed by atoms with Gasteiger partial charge in [0, 0.05) is 12.1 Å². The van der Waals surface area contributed by atoms with Gasteiger partial charge in [-0.2, -0.15) is 4.57 Å². The van der Waals surface area contributed by atoms with Crippen LogP contribution in [0.15, 0.2) is 48.7 Å². The molecule has 1 aliphatic heterocycles. The Morgan fingerprint density at radius 1 is 1.11 bits per heavy atom. The fraction of sp³-hybridized carbons (Fsp3) is 0.188. The van der Waals surface area contributed by atoms with Gasteiger partial charge < -0.3 is 0 Å². The van der Waals surface area contributed by atoms with Gasteiger partial charge in [0.1, 0.15) is 0 Å². The van der Waals surface area contributed by atoms with Gasteiger partial charge in [0.05, 0.1) is 10.7 Å². The number of pyridine rings is 1. The standard InChI is InChI=1S/C16H16NS/c1-13-5-7-14(8-6-13)12-16-15-4-2-3-9-17(15)10-11-18-16/h2-9,12H,10-11H2,1H3/q+1/b16-12-. The van der Waals surface area contributed by atoms with E-state index in [1.54, 1.807) is 0 Å². The number of nitrogens with zero attached hydrogens (tertiary/aromatic N) is 1. The minimum absolute atomic E-state index is 1.10. The molecule has 0 fully saturated rings. The molecule has 0 bridgehead atoms. The summed E-state index contributed by atoms with van der Waals surface area (Å²) in [5, 5.41) is 0. The van der Waals surface area contributed by atoms with Gasteiger partial charge in [-0.1, -0.05) is 29.8 Å². The molecule has 1 aliphatic rings. The maximum atomic E-state index is 2.33. The third-order valence-corrected chi connectivity index (χ3v) is 4.18. The molecular formula is C16H16NS+. The van der Waals surface area contributed by atoms with Gasteiger partial charge >= 0.3 is 0 Å². The molecule has 0 N–H and O–H groups in total. The number of benzene rings is 1. The molecular weight excluding hydrogens is 238 g/mol. The van der Waals surface area contributed by atoms with Crippen molar-refractivity contribution >= 4 is 22.7 Å². The average Bonchev–Trinajstić information content (AvgIpc) is 2.42. The molecule has 18 heavy (non-hydrogen) atoms. The first-order chi connectivity index (χ1) is 8.83. The van der Waals surface area contributed by atoms with E-state index < -0.39 is 0 Å². The van der Waals surface area contributed by atoms with Crippen molar-refractivity contribution in [1.29, 1.82) is 0 Å². The van der Waals surface area contributed by atoms with Crippen molar-refractivity contribution in [2.75, 3.05) is 5.75 Å². The van der Waals surface area contributed by atoms with Crippen molar-refractivity contribution in [3.05, 3.63) is 65.5 Å². The summed E-state index contributed by atoms with van der Waals surface area (Å²) in [6, 6.07) is 15.1. The zero-order valence-corrected chi connectivity index (χ0v) is 11.3. The largest absolute Gasteiger partial charge is 0.218 e. The highest BCUT2D eigenvalue weighted by atomic mass is 32.2. The molecule has 2 aromatic rings. The van der Waals surface area contributed by atoms with E-state index in [2.05, 4.69) is 66.2 Å². The lowest BCUT2D eigenvalue weighted by atomic mass is 10.1. The second kappa shape index (κ2) is 4.99. The van der Waals surface area contributed by atoms with Gasteiger partial charge in [0.15, 0.2) is 12.7 Å². The Morgan fingerprint density at radius 2 is 1.94 bits per heavy atom. The van der Waals surface area contributed by atoms with Gasteiger partial charge in [-0.3, -0.25) is 0 Å². The highest BCUT2D eigenvalue weighted by molar-refractivity contribution is 8.08. The molecule has 0 aliphatic carbocycles. The van der Waals surface area contributed by atoms with Crippen molar-refractivity contribution in [2.45, 2.75) is 13.5 Å². The lowest BCUT2D eigenvalue weighted by molar-refractivity contribution is -0.695. The second-order valence-electron chi connectivity index (χ2n) is 4.55. The van der Waals surface area contributed by atoms with Crippen LogP contribution in [0.5, 0.6) is 0 Å². The van der Waals surface area contributed by atoms with Crippen molar-refractivity contribution in [2.24, 2.45) is 0 Å². The van der Waals surface area contributed by atoms with E-state index in [1.807, 2.05) is 11.8 Å². The van der Waals surface area contributed by atoms with Gasteiger partial charge in [0.2, 0.25) is 5.69 Å². The highest BCUT2D eigenvalue weighted by Crippen LogP contribution is 2.30. The number of aryl methyl sites for hydroxylation is 2. The maximum absolute atomic E-state index is 2.33. The molecule has 0 amide bonds. The van der Waals surface area contributed by atoms with E-state index in [1.165, 1.54) is 21.7 Å². The summed E-state index contributed by atoms with van der Waals surface area (Å²) >= 11 is 1.95. The van der Waals surface area contributed by atoms with Crippen molar-refractivity contribution < 1.29 is 4.57 Å². The molecule has 1 aromatic heterocycles. The fourth-order valence-electron chi connectivity index (χ4n) is 2.15. The molecule has 90 valence electrons. The fourth-order valence-corrected chi connectivity index (χ4v) is 3.21. The van der Waals surface area contributed by atoms with E-state index in [0.29, 0.717) is 0 Å². The van der Waals surface area contributed by atoms with Crippen LogP contribution in [0, 0.1) is 6.92 Å². The second-order valence-corrected chi connectivity index (χ2v) is 5.68. The Hall–Kier alpha value is -1.54. The first-order valence-electron chi connectivity index (χ1n) is 6.23. The predicted octanol–water partition coefficient (Wildman–Crippen LogP) is 3.53. The Labute approximate surface area is 112 Å². The Balaban J connectivity index is 2.00. The first-order valence-corrected chi connectivity index (χ1v) is 7.21. The van der Waals surface area contributed by atoms with Crippen LogP contribution in [0.1, 0.15) is 16.8 Å². The average molecular weight is 254 g/mol. The zero-order valence-electron chi connectivity index (χ0n) is 10.5. The molecule has 0 saturated heterocycles. The molecule has 1 nitrogen and oxygen atoms in total. The predicted molar refractivity (Wildman–Crippen MR) is 78.1 cm³/mol. The van der Waals surface area contributed by atoms with Crippen LogP contribution in [-0.4, -0.2) is 5.75 Å². The van der Waals surface area contributed by atoms with Crippen LogP contribution < -0.4 is 4.57 Å². The SMILES string of the molecule is Cc1ccc(/C=C2\SCC[n+]3ccccc32)cc1. The molecule has 0 radical (unpaired) electrons. The lowest BCUT2D eigenvalue weighted by Gasteiger charge is -2.12. The number of hydrogen-bond acceptors (Lipinski definition) is 1. The van der Waals surface area contributed by atoms with Gasteiger partial charge in [0.25, 0.3) is 0 Å². The summed E-state index contributed by atoms with van der Waals surface area (Å²) in [6.45, 7) is 3.23. The summed E-state index contributed by atoms with van der Waals surface area (Å²) in [7, 11) is 0. The molecule has 2 heteroatoms. The molecule has 0 spiro atoms. The minimum Gasteiger partial charge on any atom is -0.197 e. The number of fused-ring (bicyclic) bond motifs is 1. The van der Waals surface area contributed by atoms with Crippen LogP contribution in [0.4, 0.5) is 0 Å². The summed E-state index contributed by atoms with van der Waals surface area (Å²) < 4.78 is 2.33. The monoisotopic (exact) mass is 254 g/mol. The lowest BCUT2D eigenvalue weighted by Crippen LogP contribution is -2.40. The molecule has 3 rings (SSSR count). The quantitative estimate of drug-likeness (QED) is 0.704. The normalized spacial score (nSPS) is 16.6. The number of rotatable bonds is 1. The Kier molecular flexibility index (Phi) is 3.20. The minimum atomic E-state index is 1.10. The topological polar surface area (TPSA) is 3.88 Å². The van der Waals surface area contributed by atoms with Gasteiger partial charge in [-0.25, -0.2) is 0 Å². The number of aromatic nitrogens is 1. The van der Waals surface area contributed by atoms with E-state index in [0.717, 1.165) is 12.3 Å². The number of hydrogen-bond donors (Lipinski definition) is 0. The summed E-state index contributed by atoms with van der Waals surface area (Å²) in [4.78, 5) is 1.37. The van der Waals surface area contributed by atoms with Crippen LogP contribution >= 0.6 is 11.8 Å².